The van der Waals surface area contributed by atoms with E-state index >= 15 is 0 Å². The van der Waals surface area contributed by atoms with Crippen LogP contribution >= 0.6 is 0 Å². The number of anilines is 1. The monoisotopic (exact) mass is 430 g/mol. The Morgan fingerprint density at radius 2 is 1.74 bits per heavy atom. The third-order valence-electron chi connectivity index (χ3n) is 4.53. The van der Waals surface area contributed by atoms with Gasteiger partial charge in [0.2, 0.25) is 0 Å². The van der Waals surface area contributed by atoms with Crippen molar-refractivity contribution in [1.82, 2.24) is 4.98 Å². The van der Waals surface area contributed by atoms with Crippen LogP contribution < -0.4 is 10.5 Å². The van der Waals surface area contributed by atoms with E-state index < -0.39 is 11.7 Å². The molecule has 2 aromatic carbocycles. The Bertz CT molecular complexity index is 1080. The Morgan fingerprint density at radius 3 is 2.35 bits per heavy atom. The molecule has 3 rings (SSSR count). The fourth-order valence-corrected chi connectivity index (χ4v) is 2.95. The summed E-state index contributed by atoms with van der Waals surface area (Å²) < 4.78 is 45.2. The van der Waals surface area contributed by atoms with Gasteiger partial charge in [-0.3, -0.25) is 4.98 Å². The van der Waals surface area contributed by atoms with Crippen LogP contribution in [0.3, 0.4) is 0 Å². The van der Waals surface area contributed by atoms with E-state index in [2.05, 4.69) is 11.6 Å². The average Bonchev–Trinajstić information content (AvgIpc) is 2.74. The number of benzene rings is 2. The fraction of sp³-hybridized carbons (Fsp3) is 0.174. The zero-order chi connectivity index (χ0) is 22.6. The van der Waals surface area contributed by atoms with E-state index in [4.69, 9.17) is 10.5 Å². The molecule has 0 saturated heterocycles. The molecule has 1 aromatic heterocycles. The normalized spacial score (nSPS) is 11.4. The molecule has 3 aromatic rings. The van der Waals surface area contributed by atoms with E-state index in [1.165, 1.54) is 24.3 Å². The largest absolute Gasteiger partial charge is 0.457 e. The predicted octanol–water partition coefficient (Wildman–Crippen LogP) is 4.68. The number of aliphatic hydroxyl groups is 2. The summed E-state index contributed by atoms with van der Waals surface area (Å²) >= 11 is 0. The first-order chi connectivity index (χ1) is 14.7. The highest BCUT2D eigenvalue weighted by molar-refractivity contribution is 5.70. The van der Waals surface area contributed by atoms with E-state index in [0.717, 1.165) is 6.07 Å². The molecule has 0 aliphatic rings. The minimum Gasteiger partial charge on any atom is -0.457 e. The minimum atomic E-state index is -4.60. The van der Waals surface area contributed by atoms with Gasteiger partial charge >= 0.3 is 6.18 Å². The van der Waals surface area contributed by atoms with Crippen molar-refractivity contribution in [2.75, 3.05) is 18.9 Å². The van der Waals surface area contributed by atoms with Gasteiger partial charge in [0.25, 0.3) is 0 Å². The summed E-state index contributed by atoms with van der Waals surface area (Å²) in [6, 6.07) is 13.2. The summed E-state index contributed by atoms with van der Waals surface area (Å²) in [7, 11) is 0. The molecule has 31 heavy (non-hydrogen) atoms. The van der Waals surface area contributed by atoms with Gasteiger partial charge in [-0.1, -0.05) is 6.58 Å². The molecule has 0 amide bonds. The van der Waals surface area contributed by atoms with Crippen molar-refractivity contribution in [3.8, 4) is 22.8 Å². The highest BCUT2D eigenvalue weighted by Gasteiger charge is 2.34. The highest BCUT2D eigenvalue weighted by Crippen LogP contribution is 2.39. The smallest absolute Gasteiger partial charge is 0.420 e. The summed E-state index contributed by atoms with van der Waals surface area (Å²) in [4.78, 5) is 4.49. The maximum atomic E-state index is 13.3. The third-order valence-corrected chi connectivity index (χ3v) is 4.53. The fourth-order valence-electron chi connectivity index (χ4n) is 2.95. The number of alkyl halides is 3. The second-order valence-electron chi connectivity index (χ2n) is 6.85. The first kappa shape index (κ1) is 22.3. The third kappa shape index (κ3) is 5.42. The van der Waals surface area contributed by atoms with E-state index in [1.54, 1.807) is 24.3 Å². The number of nitrogens with zero attached hydrogens (tertiary/aromatic N) is 1. The maximum Gasteiger partial charge on any atom is 0.420 e. The molecule has 0 radical (unpaired) electrons. The molecule has 5 nitrogen and oxygen atoms in total. The minimum absolute atomic E-state index is 0.0101. The van der Waals surface area contributed by atoms with Gasteiger partial charge in [0.05, 0.1) is 12.3 Å². The Hall–Kier alpha value is -3.36. The van der Waals surface area contributed by atoms with Crippen molar-refractivity contribution in [3.05, 3.63) is 78.0 Å². The van der Waals surface area contributed by atoms with Crippen LogP contribution in [0.4, 0.5) is 18.9 Å². The number of nitrogens with two attached hydrogens (primary N) is 1. The second-order valence-corrected chi connectivity index (χ2v) is 6.85. The van der Waals surface area contributed by atoms with Crippen molar-refractivity contribution in [2.45, 2.75) is 12.6 Å². The van der Waals surface area contributed by atoms with Gasteiger partial charge in [-0.15, -0.1) is 0 Å². The lowest BCUT2D eigenvalue weighted by molar-refractivity contribution is -0.138. The van der Waals surface area contributed by atoms with Gasteiger partial charge in [-0.05, 0) is 65.7 Å². The van der Waals surface area contributed by atoms with Crippen LogP contribution in [0.1, 0.15) is 16.8 Å². The van der Waals surface area contributed by atoms with Crippen LogP contribution in [-0.2, 0) is 12.6 Å². The number of hydrogen-bond acceptors (Lipinski definition) is 5. The molecule has 0 fully saturated rings. The zero-order valence-corrected chi connectivity index (χ0v) is 16.5. The number of hydrogen-bond donors (Lipinski definition) is 3. The number of rotatable bonds is 7. The Labute approximate surface area is 177 Å². The molecule has 4 N–H and O–H groups in total. The van der Waals surface area contributed by atoms with Crippen molar-refractivity contribution < 1.29 is 28.1 Å². The second kappa shape index (κ2) is 9.20. The van der Waals surface area contributed by atoms with Crippen LogP contribution in [0, 0.1) is 0 Å². The summed E-state index contributed by atoms with van der Waals surface area (Å²) in [5.74, 6) is -0.135. The predicted molar refractivity (Wildman–Crippen MR) is 113 cm³/mol. The molecular formula is C23H21F3N2O3. The molecule has 0 unspecified atom stereocenters. The summed E-state index contributed by atoms with van der Waals surface area (Å²) in [6.07, 6.45) is -4.27. The quantitative estimate of drug-likeness (QED) is 0.474. The molecule has 0 saturated carbocycles. The number of nitrogen functional groups attached to an aromatic ring is 1. The van der Waals surface area contributed by atoms with E-state index in [0.29, 0.717) is 34.5 Å². The lowest BCUT2D eigenvalue weighted by atomic mass is 10.0. The molecule has 0 aliphatic carbocycles. The van der Waals surface area contributed by atoms with E-state index in [1.807, 2.05) is 0 Å². The highest BCUT2D eigenvalue weighted by atomic mass is 19.4. The Balaban J connectivity index is 1.91. The number of halogens is 3. The van der Waals surface area contributed by atoms with Crippen LogP contribution in [0.2, 0.25) is 0 Å². The Kier molecular flexibility index (Phi) is 6.62. The molecule has 162 valence electrons. The van der Waals surface area contributed by atoms with E-state index in [9.17, 15) is 23.4 Å². The van der Waals surface area contributed by atoms with Gasteiger partial charge in [-0.25, -0.2) is 0 Å². The van der Waals surface area contributed by atoms with Crippen LogP contribution in [0.5, 0.6) is 11.5 Å². The van der Waals surface area contributed by atoms with Crippen LogP contribution in [-0.4, -0.2) is 28.4 Å². The summed E-state index contributed by atoms with van der Waals surface area (Å²) in [6.45, 7) is 3.50. The number of pyridine rings is 1. The number of ether oxygens (including phenoxy) is 1. The van der Waals surface area contributed by atoms with Crippen molar-refractivity contribution >= 4 is 11.3 Å². The number of aliphatic hydroxyl groups excluding tert-OH is 2. The standard InChI is InChI=1S/C23H21F3N2O3/c1-14(13-30)16-10-18(8-9-29)28-21(11-16)15-2-5-19(6-3-15)31-22-7-4-17(27)12-20(22)23(24,25)26/h2-7,10-12,29-30H,1,8-9,13,27H2. The van der Waals surface area contributed by atoms with Gasteiger partial charge in [-0.2, -0.15) is 13.2 Å². The molecule has 8 heteroatoms. The van der Waals surface area contributed by atoms with Gasteiger partial charge in [0.1, 0.15) is 17.1 Å². The first-order valence-electron chi connectivity index (χ1n) is 9.37. The topological polar surface area (TPSA) is 88.6 Å². The van der Waals surface area contributed by atoms with Gasteiger partial charge in [0, 0.05) is 30.0 Å². The first-order valence-corrected chi connectivity index (χ1v) is 9.37. The van der Waals surface area contributed by atoms with Gasteiger partial charge in [0.15, 0.2) is 0 Å². The lowest BCUT2D eigenvalue weighted by Crippen LogP contribution is -2.08. The summed E-state index contributed by atoms with van der Waals surface area (Å²) in [5, 5.41) is 18.6. The van der Waals surface area contributed by atoms with Crippen LogP contribution in [0.15, 0.2) is 61.2 Å². The lowest BCUT2D eigenvalue weighted by Gasteiger charge is -2.15. The van der Waals surface area contributed by atoms with Crippen molar-refractivity contribution in [2.24, 2.45) is 0 Å². The zero-order valence-electron chi connectivity index (χ0n) is 16.5. The molecular weight excluding hydrogens is 409 g/mol. The molecule has 0 spiro atoms. The van der Waals surface area contributed by atoms with Gasteiger partial charge < -0.3 is 20.7 Å². The molecule has 0 atom stereocenters. The van der Waals surface area contributed by atoms with Crippen molar-refractivity contribution in [1.29, 1.82) is 0 Å². The molecule has 0 bridgehead atoms. The van der Waals surface area contributed by atoms with Crippen molar-refractivity contribution in [3.63, 3.8) is 0 Å². The number of aromatic nitrogens is 1. The average molecular weight is 430 g/mol. The SMILES string of the molecule is C=C(CO)c1cc(CCO)nc(-c2ccc(Oc3ccc(N)cc3C(F)(F)F)cc2)c1. The summed E-state index contributed by atoms with van der Waals surface area (Å²) in [5.41, 5.74) is 7.59. The molecule has 0 aliphatic heterocycles. The Morgan fingerprint density at radius 1 is 1.03 bits per heavy atom. The molecule has 1 heterocycles. The van der Waals surface area contributed by atoms with E-state index in [-0.39, 0.29) is 30.4 Å². The van der Waals surface area contributed by atoms with Crippen LogP contribution in [0.25, 0.3) is 16.8 Å². The maximum absolute atomic E-state index is 13.3.